The Hall–Kier alpha value is -1.66. The van der Waals surface area contributed by atoms with Gasteiger partial charge >= 0.3 is 0 Å². The van der Waals surface area contributed by atoms with Gasteiger partial charge in [0.05, 0.1) is 16.9 Å². The standard InChI is InChI=1S/C18H16BrClN2O3/c1-8(16(23)21-11-4-5-12(19)13(20)7-11)22-17(24)14-9-2-3-10(6-9)15(14)18(22)25/h2-5,7-10,14-15H,6H2,1H3,(H,21,23)/t8-,9-,10+,14-,15-/m0/s1. The molecule has 2 fully saturated rings. The molecule has 1 aromatic rings. The van der Waals surface area contributed by atoms with E-state index in [4.69, 9.17) is 11.6 Å². The van der Waals surface area contributed by atoms with Crippen LogP contribution in [-0.2, 0) is 14.4 Å². The van der Waals surface area contributed by atoms with E-state index < -0.39 is 11.9 Å². The highest BCUT2D eigenvalue weighted by atomic mass is 79.9. The molecule has 130 valence electrons. The van der Waals surface area contributed by atoms with Crippen LogP contribution in [0.1, 0.15) is 13.3 Å². The molecule has 0 radical (unpaired) electrons. The molecule has 0 aromatic heterocycles. The van der Waals surface area contributed by atoms with E-state index in [0.717, 1.165) is 15.8 Å². The summed E-state index contributed by atoms with van der Waals surface area (Å²) in [5.74, 6) is -1.15. The smallest absolute Gasteiger partial charge is 0.247 e. The van der Waals surface area contributed by atoms with Gasteiger partial charge in [-0.25, -0.2) is 0 Å². The minimum Gasteiger partial charge on any atom is -0.324 e. The SMILES string of the molecule is C[C@@H](C(=O)Nc1ccc(Br)c(Cl)c1)N1C(=O)[C@@H]2[C@@H](C1=O)[C@H]1C=C[C@@H]2C1. The largest absolute Gasteiger partial charge is 0.324 e. The summed E-state index contributed by atoms with van der Waals surface area (Å²) >= 11 is 9.32. The Morgan fingerprint density at radius 3 is 2.40 bits per heavy atom. The van der Waals surface area contributed by atoms with E-state index in [1.165, 1.54) is 0 Å². The number of carbonyl (C=O) groups excluding carboxylic acids is 3. The van der Waals surface area contributed by atoms with Crippen molar-refractivity contribution in [1.29, 1.82) is 0 Å². The van der Waals surface area contributed by atoms with E-state index in [1.54, 1.807) is 25.1 Å². The van der Waals surface area contributed by atoms with Gasteiger partial charge in [0, 0.05) is 10.2 Å². The Balaban J connectivity index is 1.52. The maximum atomic E-state index is 12.7. The van der Waals surface area contributed by atoms with E-state index in [-0.39, 0.29) is 35.5 Å². The Morgan fingerprint density at radius 1 is 1.24 bits per heavy atom. The molecule has 5 atom stereocenters. The fourth-order valence-corrected chi connectivity index (χ4v) is 4.67. The normalized spacial score (nSPS) is 30.8. The van der Waals surface area contributed by atoms with Crippen LogP contribution in [0.4, 0.5) is 5.69 Å². The molecular formula is C18H16BrClN2O3. The average molecular weight is 424 g/mol. The van der Waals surface area contributed by atoms with Crippen molar-refractivity contribution in [3.63, 3.8) is 0 Å². The first-order valence-corrected chi connectivity index (χ1v) is 9.36. The van der Waals surface area contributed by atoms with Crippen LogP contribution in [0.2, 0.25) is 5.02 Å². The summed E-state index contributed by atoms with van der Waals surface area (Å²) in [6.07, 6.45) is 4.95. The fourth-order valence-electron chi connectivity index (χ4n) is 4.24. The van der Waals surface area contributed by atoms with Crippen LogP contribution < -0.4 is 5.32 Å². The van der Waals surface area contributed by atoms with Crippen molar-refractivity contribution in [2.45, 2.75) is 19.4 Å². The van der Waals surface area contributed by atoms with Gasteiger partial charge < -0.3 is 5.32 Å². The molecule has 5 nitrogen and oxygen atoms in total. The highest BCUT2D eigenvalue weighted by Crippen LogP contribution is 2.52. The summed E-state index contributed by atoms with van der Waals surface area (Å²) < 4.78 is 0.723. The molecule has 25 heavy (non-hydrogen) atoms. The Labute approximate surface area is 158 Å². The second-order valence-electron chi connectivity index (χ2n) is 6.84. The van der Waals surface area contributed by atoms with Crippen LogP contribution >= 0.6 is 27.5 Å². The molecule has 1 saturated heterocycles. The molecular weight excluding hydrogens is 408 g/mol. The second kappa shape index (κ2) is 5.95. The van der Waals surface area contributed by atoms with E-state index in [9.17, 15) is 14.4 Å². The number of anilines is 1. The number of imide groups is 1. The molecule has 1 aromatic carbocycles. The molecule has 1 N–H and O–H groups in total. The van der Waals surface area contributed by atoms with E-state index >= 15 is 0 Å². The molecule has 1 aliphatic heterocycles. The number of likely N-dealkylation sites (tertiary alicyclic amines) is 1. The third kappa shape index (κ3) is 2.54. The summed E-state index contributed by atoms with van der Waals surface area (Å²) in [5, 5.41) is 3.19. The van der Waals surface area contributed by atoms with Gasteiger partial charge in [0.25, 0.3) is 0 Å². The van der Waals surface area contributed by atoms with E-state index in [2.05, 4.69) is 21.2 Å². The topological polar surface area (TPSA) is 66.5 Å². The van der Waals surface area contributed by atoms with E-state index in [1.807, 2.05) is 12.2 Å². The molecule has 1 saturated carbocycles. The maximum absolute atomic E-state index is 12.7. The molecule has 3 aliphatic rings. The van der Waals surface area contributed by atoms with E-state index in [0.29, 0.717) is 10.7 Å². The highest BCUT2D eigenvalue weighted by molar-refractivity contribution is 9.10. The summed E-state index contributed by atoms with van der Waals surface area (Å²) in [7, 11) is 0. The predicted octanol–water partition coefficient (Wildman–Crippen LogP) is 3.24. The Bertz CT molecular complexity index is 795. The number of nitrogens with one attached hydrogen (secondary N) is 1. The molecule has 2 bridgehead atoms. The minimum absolute atomic E-state index is 0.136. The molecule has 4 rings (SSSR count). The lowest BCUT2D eigenvalue weighted by Crippen LogP contribution is -2.46. The number of carbonyl (C=O) groups is 3. The first-order chi connectivity index (χ1) is 11.9. The van der Waals surface area contributed by atoms with Gasteiger partial charge in [-0.15, -0.1) is 0 Å². The molecule has 0 unspecified atom stereocenters. The predicted molar refractivity (Wildman–Crippen MR) is 96.8 cm³/mol. The lowest BCUT2D eigenvalue weighted by molar-refractivity contribution is -0.146. The van der Waals surface area contributed by atoms with Crippen molar-refractivity contribution in [3.05, 3.63) is 39.8 Å². The number of fused-ring (bicyclic) bond motifs is 5. The first-order valence-electron chi connectivity index (χ1n) is 8.19. The van der Waals surface area contributed by atoms with Gasteiger partial charge in [0.2, 0.25) is 17.7 Å². The third-order valence-electron chi connectivity index (χ3n) is 5.46. The number of benzene rings is 1. The average Bonchev–Trinajstić information content (AvgIpc) is 3.24. The zero-order valence-corrected chi connectivity index (χ0v) is 15.8. The van der Waals surface area contributed by atoms with Gasteiger partial charge in [-0.3, -0.25) is 19.3 Å². The van der Waals surface area contributed by atoms with Crippen LogP contribution in [-0.4, -0.2) is 28.7 Å². The molecule has 1 heterocycles. The third-order valence-corrected chi connectivity index (χ3v) is 6.69. The van der Waals surface area contributed by atoms with Crippen LogP contribution in [0, 0.1) is 23.7 Å². The summed E-state index contributed by atoms with van der Waals surface area (Å²) in [6, 6.07) is 4.19. The number of nitrogens with zero attached hydrogens (tertiary/aromatic N) is 1. The number of allylic oxidation sites excluding steroid dienone is 2. The van der Waals surface area contributed by atoms with Gasteiger partial charge in [0.1, 0.15) is 6.04 Å². The number of amides is 3. The van der Waals surface area contributed by atoms with Crippen molar-refractivity contribution < 1.29 is 14.4 Å². The molecule has 0 spiro atoms. The van der Waals surface area contributed by atoms with Crippen LogP contribution in [0.3, 0.4) is 0 Å². The molecule has 3 amide bonds. The zero-order valence-electron chi connectivity index (χ0n) is 13.4. The zero-order chi connectivity index (χ0) is 17.9. The Kier molecular flexibility index (Phi) is 4.00. The number of rotatable bonds is 3. The molecule has 7 heteroatoms. The van der Waals surface area contributed by atoms with Crippen molar-refractivity contribution in [2.24, 2.45) is 23.7 Å². The fraction of sp³-hybridized carbons (Fsp3) is 0.389. The second-order valence-corrected chi connectivity index (χ2v) is 8.10. The Morgan fingerprint density at radius 2 is 1.84 bits per heavy atom. The monoisotopic (exact) mass is 422 g/mol. The first kappa shape index (κ1) is 16.8. The number of halogens is 2. The van der Waals surface area contributed by atoms with Gasteiger partial charge in [0.15, 0.2) is 0 Å². The van der Waals surface area contributed by atoms with Crippen LogP contribution in [0.25, 0.3) is 0 Å². The van der Waals surface area contributed by atoms with Gasteiger partial charge in [-0.05, 0) is 59.3 Å². The number of hydrogen-bond donors (Lipinski definition) is 1. The van der Waals surface area contributed by atoms with Gasteiger partial charge in [-0.1, -0.05) is 23.8 Å². The van der Waals surface area contributed by atoms with Crippen molar-refractivity contribution >= 4 is 50.9 Å². The lowest BCUT2D eigenvalue weighted by Gasteiger charge is -2.23. The van der Waals surface area contributed by atoms with Crippen molar-refractivity contribution in [1.82, 2.24) is 4.90 Å². The highest BCUT2D eigenvalue weighted by Gasteiger charge is 2.60. The summed E-state index contributed by atoms with van der Waals surface area (Å²) in [5.41, 5.74) is 0.520. The van der Waals surface area contributed by atoms with Gasteiger partial charge in [-0.2, -0.15) is 0 Å². The van der Waals surface area contributed by atoms with Crippen molar-refractivity contribution in [2.75, 3.05) is 5.32 Å². The van der Waals surface area contributed by atoms with Crippen LogP contribution in [0.15, 0.2) is 34.8 Å². The molecule has 2 aliphatic carbocycles. The number of hydrogen-bond acceptors (Lipinski definition) is 3. The summed E-state index contributed by atoms with van der Waals surface area (Å²) in [4.78, 5) is 39.2. The lowest BCUT2D eigenvalue weighted by atomic mass is 9.85. The quantitative estimate of drug-likeness (QED) is 0.599. The van der Waals surface area contributed by atoms with Crippen LogP contribution in [0.5, 0.6) is 0 Å². The summed E-state index contributed by atoms with van der Waals surface area (Å²) in [6.45, 7) is 1.59. The van der Waals surface area contributed by atoms with Crippen molar-refractivity contribution in [3.8, 4) is 0 Å². The minimum atomic E-state index is -0.854. The maximum Gasteiger partial charge on any atom is 0.247 e.